The number of benzene rings is 1. The monoisotopic (exact) mass is 222 g/mol. The lowest BCUT2D eigenvalue weighted by Crippen LogP contribution is -2.29. The molecule has 0 aromatic heterocycles. The smallest absolute Gasteiger partial charge is 0.124 e. The van der Waals surface area contributed by atoms with Gasteiger partial charge in [-0.1, -0.05) is 13.8 Å². The summed E-state index contributed by atoms with van der Waals surface area (Å²) < 4.78 is 12.9. The van der Waals surface area contributed by atoms with Gasteiger partial charge in [-0.25, -0.2) is 4.39 Å². The zero-order valence-electron chi connectivity index (χ0n) is 9.37. The molecule has 0 bridgehead atoms. The number of nitrogens with zero attached hydrogens (tertiary/aromatic N) is 1. The van der Waals surface area contributed by atoms with E-state index < -0.39 is 5.82 Å². The lowest BCUT2D eigenvalue weighted by atomic mass is 10.0. The SMILES string of the molecule is CC(C)C(CO)Nc1ccc(F)cc1C#N. The van der Waals surface area contributed by atoms with Crippen LogP contribution in [0.4, 0.5) is 10.1 Å². The van der Waals surface area contributed by atoms with Crippen LogP contribution in [0.15, 0.2) is 18.2 Å². The third kappa shape index (κ3) is 2.94. The maximum Gasteiger partial charge on any atom is 0.124 e. The molecule has 2 N–H and O–H groups in total. The number of anilines is 1. The number of hydrogen-bond acceptors (Lipinski definition) is 3. The second-order valence-corrected chi connectivity index (χ2v) is 3.98. The second kappa shape index (κ2) is 5.47. The van der Waals surface area contributed by atoms with Crippen LogP contribution in [-0.2, 0) is 0 Å². The van der Waals surface area contributed by atoms with Crippen molar-refractivity contribution < 1.29 is 9.50 Å². The Labute approximate surface area is 94.5 Å². The Morgan fingerprint density at radius 2 is 2.19 bits per heavy atom. The average molecular weight is 222 g/mol. The first-order valence-electron chi connectivity index (χ1n) is 5.15. The summed E-state index contributed by atoms with van der Waals surface area (Å²) in [5, 5.41) is 21.0. The Hall–Kier alpha value is -1.60. The van der Waals surface area contributed by atoms with Crippen LogP contribution in [0.25, 0.3) is 0 Å². The number of halogens is 1. The van der Waals surface area contributed by atoms with Crippen LogP contribution >= 0.6 is 0 Å². The average Bonchev–Trinajstić information content (AvgIpc) is 2.26. The summed E-state index contributed by atoms with van der Waals surface area (Å²) >= 11 is 0. The predicted octanol–water partition coefficient (Wildman–Crippen LogP) is 2.13. The van der Waals surface area contributed by atoms with E-state index >= 15 is 0 Å². The number of aliphatic hydroxyl groups is 1. The van der Waals surface area contributed by atoms with E-state index in [2.05, 4.69) is 5.32 Å². The van der Waals surface area contributed by atoms with E-state index in [-0.39, 0.29) is 24.1 Å². The zero-order valence-corrected chi connectivity index (χ0v) is 9.37. The normalized spacial score (nSPS) is 12.2. The van der Waals surface area contributed by atoms with Crippen molar-refractivity contribution in [3.63, 3.8) is 0 Å². The number of rotatable bonds is 4. The Balaban J connectivity index is 2.92. The van der Waals surface area contributed by atoms with Crippen molar-refractivity contribution >= 4 is 5.69 Å². The zero-order chi connectivity index (χ0) is 12.1. The minimum Gasteiger partial charge on any atom is -0.394 e. The highest BCUT2D eigenvalue weighted by atomic mass is 19.1. The molecule has 0 aliphatic carbocycles. The molecule has 0 heterocycles. The maximum absolute atomic E-state index is 12.9. The molecule has 0 saturated heterocycles. The van der Waals surface area contributed by atoms with Crippen LogP contribution in [0.3, 0.4) is 0 Å². The van der Waals surface area contributed by atoms with E-state index in [0.29, 0.717) is 5.69 Å². The van der Waals surface area contributed by atoms with Gasteiger partial charge in [0.2, 0.25) is 0 Å². The lowest BCUT2D eigenvalue weighted by Gasteiger charge is -2.21. The summed E-state index contributed by atoms with van der Waals surface area (Å²) in [5.41, 5.74) is 0.802. The molecule has 1 aromatic carbocycles. The molecule has 1 aromatic rings. The standard InChI is InChI=1S/C12H15FN2O/c1-8(2)12(7-16)15-11-4-3-10(13)5-9(11)6-14/h3-5,8,12,15-16H,7H2,1-2H3. The minimum atomic E-state index is -0.438. The molecular formula is C12H15FN2O. The fourth-order valence-electron chi connectivity index (χ4n) is 1.36. The highest BCUT2D eigenvalue weighted by Crippen LogP contribution is 2.18. The van der Waals surface area contributed by atoms with Gasteiger partial charge >= 0.3 is 0 Å². The molecule has 0 aliphatic heterocycles. The minimum absolute atomic E-state index is 0.0279. The first kappa shape index (κ1) is 12.5. The summed E-state index contributed by atoms with van der Waals surface area (Å²) in [4.78, 5) is 0. The molecule has 0 aliphatic rings. The molecule has 0 amide bonds. The van der Waals surface area contributed by atoms with Crippen molar-refractivity contribution in [1.29, 1.82) is 5.26 Å². The van der Waals surface area contributed by atoms with E-state index in [1.54, 1.807) is 0 Å². The van der Waals surface area contributed by atoms with E-state index in [1.165, 1.54) is 18.2 Å². The molecule has 3 nitrogen and oxygen atoms in total. The van der Waals surface area contributed by atoms with Gasteiger partial charge in [0.25, 0.3) is 0 Å². The van der Waals surface area contributed by atoms with Crippen LogP contribution in [0, 0.1) is 23.1 Å². The van der Waals surface area contributed by atoms with Gasteiger partial charge < -0.3 is 10.4 Å². The van der Waals surface area contributed by atoms with Gasteiger partial charge in [-0.15, -0.1) is 0 Å². The van der Waals surface area contributed by atoms with Gasteiger partial charge in [0.15, 0.2) is 0 Å². The van der Waals surface area contributed by atoms with Crippen molar-refractivity contribution in [3.05, 3.63) is 29.6 Å². The topological polar surface area (TPSA) is 56.0 Å². The van der Waals surface area contributed by atoms with Crippen molar-refractivity contribution in [2.45, 2.75) is 19.9 Å². The summed E-state index contributed by atoms with van der Waals surface area (Å²) in [7, 11) is 0. The van der Waals surface area contributed by atoms with Crippen LogP contribution in [0.5, 0.6) is 0 Å². The van der Waals surface area contributed by atoms with E-state index in [0.717, 1.165) is 0 Å². The largest absolute Gasteiger partial charge is 0.394 e. The number of hydrogen-bond donors (Lipinski definition) is 2. The van der Waals surface area contributed by atoms with Gasteiger partial charge in [-0.3, -0.25) is 0 Å². The Morgan fingerprint density at radius 3 is 2.69 bits per heavy atom. The second-order valence-electron chi connectivity index (χ2n) is 3.98. The highest BCUT2D eigenvalue weighted by molar-refractivity contribution is 5.58. The predicted molar refractivity (Wildman–Crippen MR) is 60.4 cm³/mol. The molecule has 0 radical (unpaired) electrons. The van der Waals surface area contributed by atoms with Crippen molar-refractivity contribution in [3.8, 4) is 6.07 Å². The van der Waals surface area contributed by atoms with E-state index in [9.17, 15) is 4.39 Å². The summed E-state index contributed by atoms with van der Waals surface area (Å²) in [6.45, 7) is 3.90. The Kier molecular flexibility index (Phi) is 4.27. The number of aliphatic hydroxyl groups excluding tert-OH is 1. The number of nitriles is 1. The lowest BCUT2D eigenvalue weighted by molar-refractivity contribution is 0.249. The van der Waals surface area contributed by atoms with Gasteiger partial charge in [-0.2, -0.15) is 5.26 Å². The summed E-state index contributed by atoms with van der Waals surface area (Å²) in [6.07, 6.45) is 0. The first-order chi connectivity index (χ1) is 7.58. The summed E-state index contributed by atoms with van der Waals surface area (Å²) in [5.74, 6) is -0.214. The quantitative estimate of drug-likeness (QED) is 0.820. The van der Waals surface area contributed by atoms with Crippen LogP contribution in [0.1, 0.15) is 19.4 Å². The third-order valence-electron chi connectivity index (χ3n) is 2.44. The van der Waals surface area contributed by atoms with Crippen LogP contribution < -0.4 is 5.32 Å². The van der Waals surface area contributed by atoms with E-state index in [4.69, 9.17) is 10.4 Å². The van der Waals surface area contributed by atoms with Gasteiger partial charge in [0.1, 0.15) is 11.9 Å². The first-order valence-corrected chi connectivity index (χ1v) is 5.15. The van der Waals surface area contributed by atoms with Crippen molar-refractivity contribution in [2.24, 2.45) is 5.92 Å². The van der Waals surface area contributed by atoms with Crippen molar-refractivity contribution in [1.82, 2.24) is 0 Å². The fourth-order valence-corrected chi connectivity index (χ4v) is 1.36. The number of nitrogens with one attached hydrogen (secondary N) is 1. The highest BCUT2D eigenvalue weighted by Gasteiger charge is 2.13. The molecule has 86 valence electrons. The molecular weight excluding hydrogens is 207 g/mol. The van der Waals surface area contributed by atoms with Gasteiger partial charge in [-0.05, 0) is 24.1 Å². The molecule has 1 rings (SSSR count). The molecule has 0 spiro atoms. The van der Waals surface area contributed by atoms with Crippen LogP contribution in [-0.4, -0.2) is 17.8 Å². The van der Waals surface area contributed by atoms with Crippen LogP contribution in [0.2, 0.25) is 0 Å². The molecule has 0 saturated carbocycles. The molecule has 1 unspecified atom stereocenters. The molecule has 4 heteroatoms. The summed E-state index contributed by atoms with van der Waals surface area (Å²) in [6, 6.07) is 5.76. The Morgan fingerprint density at radius 1 is 1.50 bits per heavy atom. The fraction of sp³-hybridized carbons (Fsp3) is 0.417. The third-order valence-corrected chi connectivity index (χ3v) is 2.44. The maximum atomic E-state index is 12.9. The van der Waals surface area contributed by atoms with Crippen molar-refractivity contribution in [2.75, 3.05) is 11.9 Å². The van der Waals surface area contributed by atoms with Gasteiger partial charge in [0, 0.05) is 0 Å². The molecule has 1 atom stereocenters. The van der Waals surface area contributed by atoms with E-state index in [1.807, 2.05) is 19.9 Å². The molecule has 0 fully saturated rings. The van der Waals surface area contributed by atoms with Gasteiger partial charge in [0.05, 0.1) is 23.9 Å². The Bertz CT molecular complexity index is 398. The molecule has 16 heavy (non-hydrogen) atoms.